The summed E-state index contributed by atoms with van der Waals surface area (Å²) < 4.78 is 15.7. The zero-order valence-corrected chi connectivity index (χ0v) is 14.7. The average Bonchev–Trinajstić information content (AvgIpc) is 2.85. The Morgan fingerprint density at radius 1 is 1.16 bits per heavy atom. The monoisotopic (exact) mass is 367 g/mol. The maximum Gasteiger partial charge on any atom is 0.305 e. The Labute approximate surface area is 148 Å². The number of hydrogen-bond acceptors (Lipinski definition) is 7. The molecule has 1 aromatic carbocycles. The van der Waals surface area contributed by atoms with Crippen LogP contribution in [-0.2, 0) is 9.59 Å². The number of hydrogen-bond donors (Lipinski definition) is 1. The van der Waals surface area contributed by atoms with Crippen molar-refractivity contribution in [2.75, 3.05) is 27.9 Å². The highest BCUT2D eigenvalue weighted by Gasteiger charge is 2.35. The second-order valence-corrected chi connectivity index (χ2v) is 5.93. The molecule has 0 spiro atoms. The molecular weight excluding hydrogens is 350 g/mol. The molecule has 25 heavy (non-hydrogen) atoms. The first-order valence-corrected chi connectivity index (χ1v) is 8.00. The summed E-state index contributed by atoms with van der Waals surface area (Å²) in [7, 11) is 4.43. The van der Waals surface area contributed by atoms with Crippen LogP contribution in [-0.4, -0.2) is 55.0 Å². The van der Waals surface area contributed by atoms with E-state index in [0.29, 0.717) is 22.8 Å². The third-order valence-corrected chi connectivity index (χ3v) is 4.32. The number of carbonyl (C=O) groups is 3. The molecule has 1 aliphatic heterocycles. The van der Waals surface area contributed by atoms with Gasteiger partial charge in [0.1, 0.15) is 0 Å². The SMILES string of the molecule is COc1cc(/C=C2\SC(=O)N(CCC(=O)O)C2=O)cc(OC)c1OC. The molecular formula is C16H17NO7S. The van der Waals surface area contributed by atoms with Gasteiger partial charge in [-0.1, -0.05) is 0 Å². The maximum atomic E-state index is 12.3. The van der Waals surface area contributed by atoms with Crippen LogP contribution in [0.25, 0.3) is 6.08 Å². The van der Waals surface area contributed by atoms with Crippen molar-refractivity contribution < 1.29 is 33.7 Å². The van der Waals surface area contributed by atoms with Gasteiger partial charge < -0.3 is 19.3 Å². The lowest BCUT2D eigenvalue weighted by atomic mass is 10.1. The summed E-state index contributed by atoms with van der Waals surface area (Å²) >= 11 is 0.758. The minimum Gasteiger partial charge on any atom is -0.493 e. The van der Waals surface area contributed by atoms with Crippen LogP contribution in [0.3, 0.4) is 0 Å². The predicted octanol–water partition coefficient (Wildman–Crippen LogP) is 2.22. The number of amides is 2. The number of rotatable bonds is 7. The highest BCUT2D eigenvalue weighted by atomic mass is 32.2. The topological polar surface area (TPSA) is 102 Å². The molecule has 1 N–H and O–H groups in total. The first-order chi connectivity index (χ1) is 11.9. The van der Waals surface area contributed by atoms with E-state index in [1.54, 1.807) is 12.1 Å². The molecule has 1 fully saturated rings. The quantitative estimate of drug-likeness (QED) is 0.732. The van der Waals surface area contributed by atoms with Crippen molar-refractivity contribution in [2.24, 2.45) is 0 Å². The van der Waals surface area contributed by atoms with Crippen molar-refractivity contribution >= 4 is 35.0 Å². The number of ether oxygens (including phenoxy) is 3. The summed E-state index contributed by atoms with van der Waals surface area (Å²) in [4.78, 5) is 36.0. The van der Waals surface area contributed by atoms with Gasteiger partial charge >= 0.3 is 5.97 Å². The van der Waals surface area contributed by atoms with Gasteiger partial charge in [-0.25, -0.2) is 0 Å². The minimum absolute atomic E-state index is 0.160. The normalized spacial score (nSPS) is 15.6. The summed E-state index contributed by atoms with van der Waals surface area (Å²) in [6.45, 7) is -0.160. The van der Waals surface area contributed by atoms with Crippen LogP contribution in [0.2, 0.25) is 0 Å². The van der Waals surface area contributed by atoms with Crippen LogP contribution in [0.1, 0.15) is 12.0 Å². The van der Waals surface area contributed by atoms with Gasteiger partial charge in [-0.05, 0) is 35.5 Å². The number of thioether (sulfide) groups is 1. The molecule has 9 heteroatoms. The number of carboxylic acids is 1. The average molecular weight is 367 g/mol. The second kappa shape index (κ2) is 7.93. The van der Waals surface area contributed by atoms with Crippen LogP contribution in [0, 0.1) is 0 Å². The summed E-state index contributed by atoms with van der Waals surface area (Å²) in [6.07, 6.45) is 1.23. The molecule has 0 atom stereocenters. The predicted molar refractivity (Wildman–Crippen MR) is 91.0 cm³/mol. The van der Waals surface area contributed by atoms with Gasteiger partial charge in [-0.15, -0.1) is 0 Å². The van der Waals surface area contributed by atoms with Crippen molar-refractivity contribution in [3.05, 3.63) is 22.6 Å². The van der Waals surface area contributed by atoms with E-state index in [1.807, 2.05) is 0 Å². The third-order valence-electron chi connectivity index (χ3n) is 3.41. The molecule has 8 nitrogen and oxygen atoms in total. The first-order valence-electron chi connectivity index (χ1n) is 7.18. The number of carbonyl (C=O) groups excluding carboxylic acids is 2. The number of benzene rings is 1. The molecule has 0 unspecified atom stereocenters. The summed E-state index contributed by atoms with van der Waals surface area (Å²) in [5, 5.41) is 8.21. The second-order valence-electron chi connectivity index (χ2n) is 4.94. The molecule has 1 aliphatic rings. The zero-order valence-electron chi connectivity index (χ0n) is 13.9. The van der Waals surface area contributed by atoms with Crippen molar-refractivity contribution in [1.82, 2.24) is 4.90 Å². The number of imide groups is 1. The van der Waals surface area contributed by atoms with E-state index in [4.69, 9.17) is 19.3 Å². The fraction of sp³-hybridized carbons (Fsp3) is 0.312. The van der Waals surface area contributed by atoms with E-state index in [0.717, 1.165) is 16.7 Å². The Hall–Kier alpha value is -2.68. The zero-order chi connectivity index (χ0) is 18.6. The number of carboxylic acid groups (broad SMARTS) is 1. The molecule has 0 aliphatic carbocycles. The highest BCUT2D eigenvalue weighted by molar-refractivity contribution is 8.18. The van der Waals surface area contributed by atoms with E-state index in [2.05, 4.69) is 0 Å². The van der Waals surface area contributed by atoms with Crippen LogP contribution >= 0.6 is 11.8 Å². The molecule has 1 aromatic rings. The molecule has 1 heterocycles. The lowest BCUT2D eigenvalue weighted by Gasteiger charge is -2.13. The molecule has 0 saturated carbocycles. The van der Waals surface area contributed by atoms with E-state index >= 15 is 0 Å². The fourth-order valence-electron chi connectivity index (χ4n) is 2.24. The third kappa shape index (κ3) is 4.05. The van der Waals surface area contributed by atoms with Crippen LogP contribution in [0.5, 0.6) is 17.2 Å². The van der Waals surface area contributed by atoms with Gasteiger partial charge in [0.05, 0.1) is 32.7 Å². The van der Waals surface area contributed by atoms with Crippen LogP contribution in [0.4, 0.5) is 4.79 Å². The lowest BCUT2D eigenvalue weighted by molar-refractivity contribution is -0.137. The number of aliphatic carboxylic acids is 1. The smallest absolute Gasteiger partial charge is 0.305 e. The van der Waals surface area contributed by atoms with Crippen LogP contribution < -0.4 is 14.2 Å². The number of methoxy groups -OCH3 is 3. The van der Waals surface area contributed by atoms with Gasteiger partial charge in [-0.2, -0.15) is 0 Å². The molecule has 2 amide bonds. The van der Waals surface area contributed by atoms with Gasteiger partial charge in [0.2, 0.25) is 5.75 Å². The minimum atomic E-state index is -1.08. The Morgan fingerprint density at radius 2 is 1.76 bits per heavy atom. The Kier molecular flexibility index (Phi) is 5.92. The van der Waals surface area contributed by atoms with Gasteiger partial charge in [0.25, 0.3) is 11.1 Å². The molecule has 0 bridgehead atoms. The van der Waals surface area contributed by atoms with E-state index < -0.39 is 17.1 Å². The summed E-state index contributed by atoms with van der Waals surface area (Å²) in [6, 6.07) is 3.29. The Morgan fingerprint density at radius 3 is 2.24 bits per heavy atom. The Bertz CT molecular complexity index is 719. The molecule has 134 valence electrons. The van der Waals surface area contributed by atoms with Crippen LogP contribution in [0.15, 0.2) is 17.0 Å². The highest BCUT2D eigenvalue weighted by Crippen LogP contribution is 2.40. The van der Waals surface area contributed by atoms with Crippen molar-refractivity contribution in [2.45, 2.75) is 6.42 Å². The van der Waals surface area contributed by atoms with E-state index in [1.165, 1.54) is 27.4 Å². The standard InChI is InChI=1S/C16H17NO7S/c1-22-10-6-9(7-11(23-2)14(10)24-3)8-12-15(20)17(16(21)25-12)5-4-13(18)19/h6-8H,4-5H2,1-3H3,(H,18,19)/b12-8-. The lowest BCUT2D eigenvalue weighted by Crippen LogP contribution is -2.30. The fourth-order valence-corrected chi connectivity index (χ4v) is 3.10. The molecule has 1 saturated heterocycles. The largest absolute Gasteiger partial charge is 0.493 e. The Balaban J connectivity index is 2.32. The molecule has 2 rings (SSSR count). The van der Waals surface area contributed by atoms with Gasteiger partial charge in [-0.3, -0.25) is 19.3 Å². The summed E-state index contributed by atoms with van der Waals surface area (Å²) in [5.41, 5.74) is 0.582. The van der Waals surface area contributed by atoms with E-state index in [-0.39, 0.29) is 17.9 Å². The maximum absolute atomic E-state index is 12.3. The van der Waals surface area contributed by atoms with Crippen molar-refractivity contribution in [3.63, 3.8) is 0 Å². The summed E-state index contributed by atoms with van der Waals surface area (Å²) in [5.74, 6) is -0.356. The first kappa shape index (κ1) is 18.7. The van der Waals surface area contributed by atoms with Crippen molar-refractivity contribution in [1.29, 1.82) is 0 Å². The van der Waals surface area contributed by atoms with Gasteiger partial charge in [0.15, 0.2) is 11.5 Å². The van der Waals surface area contributed by atoms with Gasteiger partial charge in [0, 0.05) is 6.54 Å². The molecule has 0 radical (unpaired) electrons. The van der Waals surface area contributed by atoms with E-state index in [9.17, 15) is 14.4 Å². The van der Waals surface area contributed by atoms with Crippen molar-refractivity contribution in [3.8, 4) is 17.2 Å². The molecule has 0 aromatic heterocycles. The number of nitrogens with zero attached hydrogens (tertiary/aromatic N) is 1.